The van der Waals surface area contributed by atoms with Crippen molar-refractivity contribution in [3.8, 4) is 11.3 Å². The first-order valence-corrected chi connectivity index (χ1v) is 13.6. The summed E-state index contributed by atoms with van der Waals surface area (Å²) < 4.78 is 27.2. The van der Waals surface area contributed by atoms with Gasteiger partial charge in [-0.3, -0.25) is 0 Å². The number of aromatic nitrogens is 1. The summed E-state index contributed by atoms with van der Waals surface area (Å²) in [5.41, 5.74) is 8.51. The molecule has 0 atom stereocenters. The van der Waals surface area contributed by atoms with Gasteiger partial charge in [-0.05, 0) is 88.3 Å². The average Bonchev–Trinajstić information content (AvgIpc) is 3.24. The highest BCUT2D eigenvalue weighted by Gasteiger charge is 2.34. The molecule has 0 spiro atoms. The Bertz CT molecular complexity index is 1240. The third kappa shape index (κ3) is 4.11. The minimum Gasteiger partial charge on any atom is -0.348 e. The summed E-state index contributed by atoms with van der Waals surface area (Å²) in [7, 11) is -3.37. The second-order valence-electron chi connectivity index (χ2n) is 9.15. The molecule has 170 valence electrons. The molecule has 4 rings (SSSR count). The van der Waals surface area contributed by atoms with Gasteiger partial charge in [-0.25, -0.2) is 13.4 Å². The third-order valence-corrected chi connectivity index (χ3v) is 10.3. The fraction of sp³-hybridized carbons (Fsp3) is 0.423. The zero-order chi connectivity index (χ0) is 23.2. The molecule has 32 heavy (non-hydrogen) atoms. The maximum Gasteiger partial charge on any atom is 0.185 e. The molecule has 0 N–H and O–H groups in total. The molecule has 1 aliphatic heterocycles. The molecule has 0 radical (unpaired) electrons. The number of hydrogen-bond acceptors (Lipinski definition) is 5. The number of hydrogen-bond donors (Lipinski definition) is 0. The van der Waals surface area contributed by atoms with E-state index in [0.717, 1.165) is 33.1 Å². The smallest absolute Gasteiger partial charge is 0.185 e. The molecular weight excluding hydrogens is 436 g/mol. The lowest BCUT2D eigenvalue weighted by molar-refractivity contribution is 0.528. The summed E-state index contributed by atoms with van der Waals surface area (Å²) in [4.78, 5) is 7.70. The number of sulfone groups is 1. The molecule has 0 bridgehead atoms. The molecule has 6 heteroatoms. The number of benzene rings is 2. The Morgan fingerprint density at radius 2 is 1.53 bits per heavy atom. The van der Waals surface area contributed by atoms with Gasteiger partial charge in [0.2, 0.25) is 0 Å². The second kappa shape index (κ2) is 8.64. The Balaban J connectivity index is 1.53. The van der Waals surface area contributed by atoms with Crippen molar-refractivity contribution in [1.29, 1.82) is 0 Å². The van der Waals surface area contributed by atoms with E-state index in [1.54, 1.807) is 11.3 Å². The molecule has 1 saturated heterocycles. The van der Waals surface area contributed by atoms with Crippen LogP contribution in [0.2, 0.25) is 0 Å². The van der Waals surface area contributed by atoms with Crippen LogP contribution in [-0.2, 0) is 9.84 Å². The number of aryl methyl sites for hydroxylation is 4. The van der Waals surface area contributed by atoms with Crippen molar-refractivity contribution in [2.24, 2.45) is 0 Å². The molecule has 1 aliphatic rings. The van der Waals surface area contributed by atoms with Gasteiger partial charge in [0.15, 0.2) is 15.0 Å². The molecule has 0 aliphatic carbocycles. The van der Waals surface area contributed by atoms with Crippen LogP contribution >= 0.6 is 11.3 Å². The minimum absolute atomic E-state index is 0.337. The summed E-state index contributed by atoms with van der Waals surface area (Å²) in [5, 5.41) is 2.76. The van der Waals surface area contributed by atoms with Crippen molar-refractivity contribution in [3.05, 3.63) is 63.0 Å². The zero-order valence-electron chi connectivity index (χ0n) is 19.8. The largest absolute Gasteiger partial charge is 0.348 e. The Morgan fingerprint density at radius 1 is 0.906 bits per heavy atom. The van der Waals surface area contributed by atoms with E-state index in [9.17, 15) is 8.42 Å². The van der Waals surface area contributed by atoms with Gasteiger partial charge in [0.05, 0.1) is 15.8 Å². The normalized spacial score (nSPS) is 15.4. The molecule has 1 aromatic heterocycles. The Hall–Kier alpha value is -2.18. The average molecular weight is 469 g/mol. The molecule has 1 fully saturated rings. The molecule has 0 saturated carbocycles. The van der Waals surface area contributed by atoms with Crippen molar-refractivity contribution in [2.75, 3.05) is 18.0 Å². The molecule has 0 amide bonds. The van der Waals surface area contributed by atoms with Crippen LogP contribution in [0.3, 0.4) is 0 Å². The zero-order valence-corrected chi connectivity index (χ0v) is 21.5. The van der Waals surface area contributed by atoms with E-state index in [1.165, 1.54) is 16.7 Å². The Kier molecular flexibility index (Phi) is 6.21. The van der Waals surface area contributed by atoms with Crippen LogP contribution in [0.5, 0.6) is 0 Å². The summed E-state index contributed by atoms with van der Waals surface area (Å²) in [6.07, 6.45) is 1.26. The van der Waals surface area contributed by atoms with Crippen LogP contribution in [0.15, 0.2) is 34.5 Å². The quantitative estimate of drug-likeness (QED) is 0.464. The summed E-state index contributed by atoms with van der Waals surface area (Å²) in [6, 6.07) is 8.53. The summed E-state index contributed by atoms with van der Waals surface area (Å²) in [5.74, 6) is 0. The number of rotatable bonds is 4. The van der Waals surface area contributed by atoms with E-state index in [-0.39, 0.29) is 5.25 Å². The van der Waals surface area contributed by atoms with Gasteiger partial charge in [-0.2, -0.15) is 0 Å². The fourth-order valence-electron chi connectivity index (χ4n) is 4.68. The van der Waals surface area contributed by atoms with Gasteiger partial charge in [-0.15, -0.1) is 11.3 Å². The first kappa shape index (κ1) is 23.0. The minimum atomic E-state index is -3.37. The van der Waals surface area contributed by atoms with E-state index >= 15 is 0 Å². The van der Waals surface area contributed by atoms with Crippen LogP contribution in [-0.4, -0.2) is 31.7 Å². The summed E-state index contributed by atoms with van der Waals surface area (Å²) in [6.45, 7) is 13.5. The lowest BCUT2D eigenvalue weighted by Gasteiger charge is -2.32. The number of anilines is 1. The van der Waals surface area contributed by atoms with Gasteiger partial charge >= 0.3 is 0 Å². The number of thiazole rings is 1. The highest BCUT2D eigenvalue weighted by atomic mass is 32.2. The topological polar surface area (TPSA) is 50.3 Å². The Morgan fingerprint density at radius 3 is 2.16 bits per heavy atom. The highest BCUT2D eigenvalue weighted by molar-refractivity contribution is 7.92. The van der Waals surface area contributed by atoms with Crippen molar-refractivity contribution in [3.63, 3.8) is 0 Å². The van der Waals surface area contributed by atoms with Crippen LogP contribution in [0.4, 0.5) is 5.13 Å². The SMILES string of the molecule is Cc1ccc(C)c(-c2csc(N3CCC(S(=O)(=O)c4c(C)c(C)cc(C)c4C)CC3)n2)c1. The van der Waals surface area contributed by atoms with Crippen LogP contribution in [0.1, 0.15) is 46.2 Å². The maximum absolute atomic E-state index is 13.6. The first-order chi connectivity index (χ1) is 15.1. The molecule has 2 heterocycles. The molecule has 0 unspecified atom stereocenters. The van der Waals surface area contributed by atoms with E-state index in [2.05, 4.69) is 48.4 Å². The van der Waals surface area contributed by atoms with Gasteiger partial charge in [-0.1, -0.05) is 23.8 Å². The van der Waals surface area contributed by atoms with Crippen molar-refractivity contribution < 1.29 is 8.42 Å². The monoisotopic (exact) mass is 468 g/mol. The predicted molar refractivity (Wildman–Crippen MR) is 135 cm³/mol. The summed E-state index contributed by atoms with van der Waals surface area (Å²) >= 11 is 1.64. The standard InChI is InChI=1S/C26H32N2O2S2/c1-16-7-8-17(2)23(13-16)24-15-31-26(27-24)28-11-9-22(10-12-28)32(29,30)25-20(5)18(3)14-19(4)21(25)6/h7-8,13-15,22H,9-12H2,1-6H3. The van der Waals surface area contributed by atoms with E-state index in [0.29, 0.717) is 30.8 Å². The molecule has 2 aromatic carbocycles. The van der Waals surface area contributed by atoms with E-state index < -0.39 is 9.84 Å². The fourth-order valence-corrected chi connectivity index (χ4v) is 7.90. The second-order valence-corrected chi connectivity index (χ2v) is 12.2. The molecule has 4 nitrogen and oxygen atoms in total. The van der Waals surface area contributed by atoms with Gasteiger partial charge in [0.25, 0.3) is 0 Å². The maximum atomic E-state index is 13.6. The van der Waals surface area contributed by atoms with Crippen molar-refractivity contribution >= 4 is 26.3 Å². The van der Waals surface area contributed by atoms with Crippen LogP contribution < -0.4 is 4.90 Å². The van der Waals surface area contributed by atoms with Crippen LogP contribution in [0, 0.1) is 41.5 Å². The number of piperidine rings is 1. The van der Waals surface area contributed by atoms with Gasteiger partial charge < -0.3 is 4.90 Å². The van der Waals surface area contributed by atoms with E-state index in [1.807, 2.05) is 27.7 Å². The van der Waals surface area contributed by atoms with Gasteiger partial charge in [0.1, 0.15) is 0 Å². The highest BCUT2D eigenvalue weighted by Crippen LogP contribution is 2.35. The molecule has 3 aromatic rings. The van der Waals surface area contributed by atoms with Crippen molar-refractivity contribution in [2.45, 2.75) is 64.5 Å². The first-order valence-electron chi connectivity index (χ1n) is 11.2. The predicted octanol–water partition coefficient (Wildman–Crippen LogP) is 6.10. The van der Waals surface area contributed by atoms with Gasteiger partial charge in [0, 0.05) is 24.0 Å². The Labute approximate surface area is 196 Å². The van der Waals surface area contributed by atoms with Crippen molar-refractivity contribution in [1.82, 2.24) is 4.98 Å². The van der Waals surface area contributed by atoms with Crippen LogP contribution in [0.25, 0.3) is 11.3 Å². The lowest BCUT2D eigenvalue weighted by atomic mass is 10.0. The number of nitrogens with zero attached hydrogens (tertiary/aromatic N) is 2. The van der Waals surface area contributed by atoms with E-state index in [4.69, 9.17) is 4.98 Å². The third-order valence-electron chi connectivity index (χ3n) is 6.89. The molecular formula is C26H32N2O2S2. The lowest BCUT2D eigenvalue weighted by Crippen LogP contribution is -2.39.